The molecule has 1 aromatic carbocycles. The van der Waals surface area contributed by atoms with E-state index in [1.54, 1.807) is 12.1 Å². The van der Waals surface area contributed by atoms with Crippen LogP contribution in [0.1, 0.15) is 83.1 Å². The highest BCUT2D eigenvalue weighted by Crippen LogP contribution is 2.15. The maximum atomic E-state index is 12.5. The molecule has 0 unspecified atom stereocenters. The van der Waals surface area contributed by atoms with E-state index in [2.05, 4.69) is 16.4 Å². The number of carboxylic acids is 1. The second kappa shape index (κ2) is 15.3. The average molecular weight is 485 g/mol. The fourth-order valence-corrected chi connectivity index (χ4v) is 5.08. The molecule has 0 aliphatic heterocycles. The molecule has 1 aromatic rings. The van der Waals surface area contributed by atoms with Crippen molar-refractivity contribution in [3.05, 3.63) is 29.8 Å². The van der Waals surface area contributed by atoms with Crippen LogP contribution in [0.3, 0.4) is 0 Å². The van der Waals surface area contributed by atoms with Gasteiger partial charge in [-0.2, -0.15) is 13.1 Å². The summed E-state index contributed by atoms with van der Waals surface area (Å²) in [5.74, 6) is -1.03. The summed E-state index contributed by atoms with van der Waals surface area (Å²) >= 11 is 0. The van der Waals surface area contributed by atoms with E-state index in [0.717, 1.165) is 12.8 Å². The fourth-order valence-electron chi connectivity index (χ4n) is 3.98. The highest BCUT2D eigenvalue weighted by Gasteiger charge is 2.25. The van der Waals surface area contributed by atoms with Crippen molar-refractivity contribution in [3.63, 3.8) is 0 Å². The molecule has 0 aromatic heterocycles. The van der Waals surface area contributed by atoms with Crippen molar-refractivity contribution in [2.24, 2.45) is 0 Å². The molecule has 7 nitrogen and oxygen atoms in total. The SMILES string of the molecule is CCCCCCCCCCCCc1ccc(NS(=O)(=O)N[C@H](CC(=O)O)C[N+](C)(C)C)cc1. The molecular formula is C25H46N3O4S+. The lowest BCUT2D eigenvalue weighted by Crippen LogP contribution is -2.50. The summed E-state index contributed by atoms with van der Waals surface area (Å²) in [7, 11) is 1.80. The first-order chi connectivity index (χ1) is 15.5. The predicted molar refractivity (Wildman–Crippen MR) is 137 cm³/mol. The molecule has 0 aliphatic rings. The van der Waals surface area contributed by atoms with Gasteiger partial charge in [-0.05, 0) is 30.5 Å². The number of quaternary nitrogens is 1. The number of aryl methyl sites for hydroxylation is 1. The van der Waals surface area contributed by atoms with Gasteiger partial charge in [-0.1, -0.05) is 76.8 Å². The number of likely N-dealkylation sites (N-methyl/N-ethyl adjacent to an activating group) is 1. The third-order valence-corrected chi connectivity index (χ3v) is 6.68. The first kappa shape index (κ1) is 29.4. The van der Waals surface area contributed by atoms with E-state index in [4.69, 9.17) is 5.11 Å². The minimum Gasteiger partial charge on any atom is -0.481 e. The molecule has 0 bridgehead atoms. The molecule has 3 N–H and O–H groups in total. The molecule has 1 atom stereocenters. The second-order valence-electron chi connectivity index (χ2n) is 10.1. The van der Waals surface area contributed by atoms with Gasteiger partial charge in [-0.3, -0.25) is 9.52 Å². The molecule has 1 rings (SSSR count). The third-order valence-electron chi connectivity index (χ3n) is 5.54. The Bertz CT molecular complexity index is 774. The van der Waals surface area contributed by atoms with Gasteiger partial charge in [0.2, 0.25) is 0 Å². The van der Waals surface area contributed by atoms with E-state index < -0.39 is 22.2 Å². The Hall–Kier alpha value is -1.64. The molecule has 33 heavy (non-hydrogen) atoms. The van der Waals surface area contributed by atoms with Crippen molar-refractivity contribution in [2.75, 3.05) is 32.4 Å². The van der Waals surface area contributed by atoms with Crippen molar-refractivity contribution in [2.45, 2.75) is 90.0 Å². The van der Waals surface area contributed by atoms with Gasteiger partial charge in [0.25, 0.3) is 10.2 Å². The topological polar surface area (TPSA) is 95.5 Å². The summed E-state index contributed by atoms with van der Waals surface area (Å²) in [6, 6.07) is 6.72. The Balaban J connectivity index is 2.39. The molecule has 0 saturated carbocycles. The van der Waals surface area contributed by atoms with Crippen molar-refractivity contribution in [3.8, 4) is 0 Å². The van der Waals surface area contributed by atoms with Gasteiger partial charge in [-0.15, -0.1) is 0 Å². The average Bonchev–Trinajstić information content (AvgIpc) is 2.68. The molecule has 0 amide bonds. The third kappa shape index (κ3) is 15.8. The number of hydrogen-bond acceptors (Lipinski definition) is 3. The van der Waals surface area contributed by atoms with Crippen molar-refractivity contribution in [1.82, 2.24) is 4.72 Å². The maximum absolute atomic E-state index is 12.5. The van der Waals surface area contributed by atoms with E-state index in [-0.39, 0.29) is 6.42 Å². The number of hydrogen-bond donors (Lipinski definition) is 3. The lowest BCUT2D eigenvalue weighted by atomic mass is 10.0. The van der Waals surface area contributed by atoms with Crippen LogP contribution in [-0.2, 0) is 21.4 Å². The molecule has 0 aliphatic carbocycles. The Morgan fingerprint density at radius 2 is 1.42 bits per heavy atom. The van der Waals surface area contributed by atoms with Crippen molar-refractivity contribution in [1.29, 1.82) is 0 Å². The van der Waals surface area contributed by atoms with Gasteiger partial charge in [0.05, 0.1) is 40.2 Å². The van der Waals surface area contributed by atoms with Gasteiger partial charge in [-0.25, -0.2) is 0 Å². The van der Waals surface area contributed by atoms with E-state index >= 15 is 0 Å². The summed E-state index contributed by atoms with van der Waals surface area (Å²) in [6.07, 6.45) is 13.8. The Morgan fingerprint density at radius 3 is 1.91 bits per heavy atom. The summed E-state index contributed by atoms with van der Waals surface area (Å²) in [6.45, 7) is 2.61. The van der Waals surface area contributed by atoms with Gasteiger partial charge >= 0.3 is 5.97 Å². The molecule has 0 heterocycles. The molecule has 190 valence electrons. The number of carbonyl (C=O) groups is 1. The van der Waals surface area contributed by atoms with Gasteiger partial charge in [0.15, 0.2) is 0 Å². The Labute approximate surface area is 201 Å². The zero-order chi connectivity index (χ0) is 24.7. The molecule has 0 fully saturated rings. The van der Waals surface area contributed by atoms with Crippen LogP contribution in [0.4, 0.5) is 5.69 Å². The summed E-state index contributed by atoms with van der Waals surface area (Å²) < 4.78 is 30.5. The first-order valence-corrected chi connectivity index (χ1v) is 13.9. The maximum Gasteiger partial charge on any atom is 0.305 e. The number of nitrogens with one attached hydrogen (secondary N) is 2. The van der Waals surface area contributed by atoms with Crippen LogP contribution >= 0.6 is 0 Å². The fraction of sp³-hybridized carbons (Fsp3) is 0.720. The van der Waals surface area contributed by atoms with Crippen LogP contribution in [0.5, 0.6) is 0 Å². The summed E-state index contributed by atoms with van der Waals surface area (Å²) in [5, 5.41) is 9.11. The first-order valence-electron chi connectivity index (χ1n) is 12.4. The normalized spacial score (nSPS) is 13.1. The minimum atomic E-state index is -3.88. The highest BCUT2D eigenvalue weighted by molar-refractivity contribution is 7.90. The monoisotopic (exact) mass is 484 g/mol. The number of anilines is 1. The van der Waals surface area contributed by atoms with E-state index in [0.29, 0.717) is 16.7 Å². The molecular weight excluding hydrogens is 438 g/mol. The van der Waals surface area contributed by atoms with Crippen LogP contribution in [0.2, 0.25) is 0 Å². The number of aliphatic carboxylic acids is 1. The smallest absolute Gasteiger partial charge is 0.305 e. The standard InChI is InChI=1S/C25H45N3O4S/c1-5-6-7-8-9-10-11-12-13-14-15-22-16-18-23(19-17-22)26-33(31,32)27-24(20-25(29)30)21-28(2,3)4/h16-19,24,26-27H,5-15,20-21H2,1-4H3/p+1/t24-/m1/s1. The summed E-state index contributed by atoms with van der Waals surface area (Å²) in [5.41, 5.74) is 1.66. The Kier molecular flexibility index (Phi) is 13.6. The van der Waals surface area contributed by atoms with Crippen LogP contribution in [0, 0.1) is 0 Å². The van der Waals surface area contributed by atoms with E-state index in [1.807, 2.05) is 33.3 Å². The number of rotatable bonds is 19. The molecule has 8 heteroatoms. The number of unbranched alkanes of at least 4 members (excludes halogenated alkanes) is 9. The lowest BCUT2D eigenvalue weighted by Gasteiger charge is -2.29. The number of benzene rings is 1. The van der Waals surface area contributed by atoms with Crippen molar-refractivity contribution < 1.29 is 22.8 Å². The Morgan fingerprint density at radius 1 is 0.909 bits per heavy atom. The quantitative estimate of drug-likeness (QED) is 0.191. The predicted octanol–water partition coefficient (Wildman–Crippen LogP) is 4.95. The summed E-state index contributed by atoms with van der Waals surface area (Å²) in [4.78, 5) is 11.1. The minimum absolute atomic E-state index is 0.270. The highest BCUT2D eigenvalue weighted by atomic mass is 32.2. The largest absolute Gasteiger partial charge is 0.481 e. The zero-order valence-electron chi connectivity index (χ0n) is 21.1. The van der Waals surface area contributed by atoms with E-state index in [1.165, 1.54) is 63.4 Å². The van der Waals surface area contributed by atoms with Crippen LogP contribution in [-0.4, -0.2) is 57.7 Å². The van der Waals surface area contributed by atoms with Crippen LogP contribution < -0.4 is 9.44 Å². The van der Waals surface area contributed by atoms with E-state index in [9.17, 15) is 13.2 Å². The van der Waals surface area contributed by atoms with Gasteiger partial charge in [0, 0.05) is 5.69 Å². The molecule has 0 spiro atoms. The van der Waals surface area contributed by atoms with Crippen LogP contribution in [0.15, 0.2) is 24.3 Å². The zero-order valence-corrected chi connectivity index (χ0v) is 21.9. The number of carboxylic acid groups (broad SMARTS) is 1. The second-order valence-corrected chi connectivity index (χ2v) is 11.6. The van der Waals surface area contributed by atoms with Crippen LogP contribution in [0.25, 0.3) is 0 Å². The molecule has 0 radical (unpaired) electrons. The van der Waals surface area contributed by atoms with Crippen molar-refractivity contribution >= 4 is 21.9 Å². The lowest BCUT2D eigenvalue weighted by molar-refractivity contribution is -0.871. The molecule has 0 saturated heterocycles. The number of nitrogens with zero attached hydrogens (tertiary/aromatic N) is 1. The van der Waals surface area contributed by atoms with Gasteiger partial charge in [0.1, 0.15) is 0 Å². The van der Waals surface area contributed by atoms with Gasteiger partial charge < -0.3 is 9.59 Å².